The van der Waals surface area contributed by atoms with Crippen molar-refractivity contribution in [1.82, 2.24) is 5.32 Å². The molecule has 2 aromatic carbocycles. The predicted molar refractivity (Wildman–Crippen MR) is 96.3 cm³/mol. The molecule has 0 unspecified atom stereocenters. The van der Waals surface area contributed by atoms with Gasteiger partial charge in [-0.05, 0) is 35.8 Å². The van der Waals surface area contributed by atoms with E-state index in [1.165, 1.54) is 18.7 Å². The van der Waals surface area contributed by atoms with Gasteiger partial charge in [0.2, 0.25) is 5.91 Å². The van der Waals surface area contributed by atoms with Crippen LogP contribution < -0.4 is 14.8 Å². The summed E-state index contributed by atoms with van der Waals surface area (Å²) in [5, 5.41) is 11.4. The number of hydrogen-bond donors (Lipinski definition) is 1. The number of hydrogen-bond acceptors (Lipinski definition) is 4. The Bertz CT molecular complexity index is 764. The number of methoxy groups -OCH3 is 1. The van der Waals surface area contributed by atoms with Crippen molar-refractivity contribution in [1.29, 1.82) is 5.26 Å². The van der Waals surface area contributed by atoms with Crippen molar-refractivity contribution in [3.63, 3.8) is 0 Å². The molecule has 0 heterocycles. The fourth-order valence-electron chi connectivity index (χ4n) is 2.22. The Labute approximate surface area is 147 Å². The van der Waals surface area contributed by atoms with E-state index in [0.717, 1.165) is 12.0 Å². The van der Waals surface area contributed by atoms with E-state index in [2.05, 4.69) is 5.32 Å². The van der Waals surface area contributed by atoms with Gasteiger partial charge >= 0.3 is 0 Å². The zero-order valence-corrected chi connectivity index (χ0v) is 14.1. The first kappa shape index (κ1) is 18.1. The first-order valence-corrected chi connectivity index (χ1v) is 7.90. The Morgan fingerprint density at radius 2 is 2.00 bits per heavy atom. The number of benzene rings is 2. The minimum atomic E-state index is -0.153. The van der Waals surface area contributed by atoms with Crippen LogP contribution in [0.3, 0.4) is 0 Å². The average Bonchev–Trinajstić information content (AvgIpc) is 2.65. The van der Waals surface area contributed by atoms with E-state index in [0.29, 0.717) is 18.0 Å². The molecule has 5 nitrogen and oxygen atoms in total. The Balaban J connectivity index is 1.87. The third-order valence-electron chi connectivity index (χ3n) is 3.46. The zero-order valence-electron chi connectivity index (χ0n) is 14.1. The summed E-state index contributed by atoms with van der Waals surface area (Å²) in [7, 11) is 1.53. The van der Waals surface area contributed by atoms with Crippen LogP contribution in [-0.4, -0.2) is 26.2 Å². The van der Waals surface area contributed by atoms with Crippen molar-refractivity contribution in [2.75, 3.05) is 20.3 Å². The zero-order chi connectivity index (χ0) is 17.9. The summed E-state index contributed by atoms with van der Waals surface area (Å²) < 4.78 is 10.5. The quantitative estimate of drug-likeness (QED) is 0.752. The molecule has 0 spiro atoms. The molecule has 0 saturated heterocycles. The van der Waals surface area contributed by atoms with Crippen molar-refractivity contribution < 1.29 is 14.3 Å². The predicted octanol–water partition coefficient (Wildman–Crippen LogP) is 2.97. The highest BCUT2D eigenvalue weighted by atomic mass is 16.5. The maximum atomic E-state index is 11.9. The van der Waals surface area contributed by atoms with Crippen LogP contribution in [0, 0.1) is 11.3 Å². The van der Waals surface area contributed by atoms with E-state index >= 15 is 0 Å². The van der Waals surface area contributed by atoms with Crippen LogP contribution in [0.15, 0.2) is 54.6 Å². The van der Waals surface area contributed by atoms with Gasteiger partial charge in [-0.3, -0.25) is 4.79 Å². The molecule has 128 valence electrons. The summed E-state index contributed by atoms with van der Waals surface area (Å²) in [6, 6.07) is 17.2. The minimum Gasteiger partial charge on any atom is -0.493 e. The number of amides is 1. The molecule has 2 rings (SSSR count). The maximum absolute atomic E-state index is 11.9. The summed E-state index contributed by atoms with van der Waals surface area (Å²) in [5.74, 6) is 0.857. The molecule has 1 amide bonds. The number of carbonyl (C=O) groups excluding carboxylic acids is 1. The number of nitriles is 1. The second-order valence-corrected chi connectivity index (χ2v) is 5.22. The van der Waals surface area contributed by atoms with Crippen LogP contribution >= 0.6 is 0 Å². The first-order valence-electron chi connectivity index (χ1n) is 7.90. The Kier molecular flexibility index (Phi) is 7.08. The van der Waals surface area contributed by atoms with E-state index in [1.54, 1.807) is 24.3 Å². The van der Waals surface area contributed by atoms with E-state index in [4.69, 9.17) is 14.7 Å². The van der Waals surface area contributed by atoms with Crippen molar-refractivity contribution in [2.45, 2.75) is 6.42 Å². The third-order valence-corrected chi connectivity index (χ3v) is 3.46. The molecule has 0 saturated carbocycles. The molecule has 2 aromatic rings. The highest BCUT2D eigenvalue weighted by molar-refractivity contribution is 5.91. The van der Waals surface area contributed by atoms with E-state index in [9.17, 15) is 4.79 Å². The molecule has 0 fully saturated rings. The molecule has 0 bridgehead atoms. The van der Waals surface area contributed by atoms with Gasteiger partial charge in [0.25, 0.3) is 0 Å². The SMILES string of the molecule is COc1cc(/C=C/C(=O)NCCc2ccccc2)ccc1OCC#N. The second kappa shape index (κ2) is 9.78. The lowest BCUT2D eigenvalue weighted by Gasteiger charge is -2.08. The van der Waals surface area contributed by atoms with Gasteiger partial charge in [0.05, 0.1) is 7.11 Å². The highest BCUT2D eigenvalue weighted by Crippen LogP contribution is 2.28. The van der Waals surface area contributed by atoms with Crippen LogP contribution in [0.1, 0.15) is 11.1 Å². The molecule has 5 heteroatoms. The van der Waals surface area contributed by atoms with Gasteiger partial charge in [-0.15, -0.1) is 0 Å². The highest BCUT2D eigenvalue weighted by Gasteiger charge is 2.04. The van der Waals surface area contributed by atoms with Crippen molar-refractivity contribution in [3.8, 4) is 17.6 Å². The molecule has 25 heavy (non-hydrogen) atoms. The summed E-state index contributed by atoms with van der Waals surface area (Å²) >= 11 is 0. The van der Waals surface area contributed by atoms with Gasteiger partial charge in [0.1, 0.15) is 6.07 Å². The standard InChI is InChI=1S/C20H20N2O3/c1-24-19-15-17(7-9-18(19)25-14-12-21)8-10-20(23)22-13-11-16-5-3-2-4-6-16/h2-10,15H,11,13-14H2,1H3,(H,22,23)/b10-8+. The van der Waals surface area contributed by atoms with Crippen LogP contribution in [0.4, 0.5) is 0 Å². The summed E-state index contributed by atoms with van der Waals surface area (Å²) in [4.78, 5) is 11.9. The summed E-state index contributed by atoms with van der Waals surface area (Å²) in [5.41, 5.74) is 1.99. The lowest BCUT2D eigenvalue weighted by Crippen LogP contribution is -2.23. The van der Waals surface area contributed by atoms with Crippen molar-refractivity contribution >= 4 is 12.0 Å². The van der Waals surface area contributed by atoms with E-state index in [-0.39, 0.29) is 12.5 Å². The van der Waals surface area contributed by atoms with Gasteiger partial charge in [-0.2, -0.15) is 5.26 Å². The number of carbonyl (C=O) groups is 1. The molecular weight excluding hydrogens is 316 g/mol. The van der Waals surface area contributed by atoms with Gasteiger partial charge in [0.15, 0.2) is 18.1 Å². The molecule has 0 aliphatic carbocycles. The number of ether oxygens (including phenoxy) is 2. The normalized spacial score (nSPS) is 10.2. The molecule has 0 aliphatic rings. The molecule has 0 aromatic heterocycles. The van der Waals surface area contributed by atoms with Gasteiger partial charge in [-0.1, -0.05) is 36.4 Å². The largest absolute Gasteiger partial charge is 0.493 e. The third kappa shape index (κ3) is 6.04. The lowest BCUT2D eigenvalue weighted by molar-refractivity contribution is -0.116. The fraction of sp³-hybridized carbons (Fsp3) is 0.200. The molecule has 1 N–H and O–H groups in total. The van der Waals surface area contributed by atoms with Crippen molar-refractivity contribution in [3.05, 3.63) is 65.7 Å². The summed E-state index contributed by atoms with van der Waals surface area (Å²) in [6.45, 7) is 0.535. The monoisotopic (exact) mass is 336 g/mol. The Morgan fingerprint density at radius 1 is 1.20 bits per heavy atom. The first-order chi connectivity index (χ1) is 12.2. The minimum absolute atomic E-state index is 0.0463. The second-order valence-electron chi connectivity index (χ2n) is 5.22. The fourth-order valence-corrected chi connectivity index (χ4v) is 2.22. The van der Waals surface area contributed by atoms with Crippen LogP contribution in [0.2, 0.25) is 0 Å². The van der Waals surface area contributed by atoms with Gasteiger partial charge in [0, 0.05) is 12.6 Å². The topological polar surface area (TPSA) is 71.3 Å². The number of nitrogens with one attached hydrogen (secondary N) is 1. The van der Waals surface area contributed by atoms with E-state index < -0.39 is 0 Å². The Morgan fingerprint density at radius 3 is 2.72 bits per heavy atom. The van der Waals surface area contributed by atoms with Crippen molar-refractivity contribution in [2.24, 2.45) is 0 Å². The van der Waals surface area contributed by atoms with Crippen LogP contribution in [0.5, 0.6) is 11.5 Å². The van der Waals surface area contributed by atoms with Gasteiger partial charge in [-0.25, -0.2) is 0 Å². The molecule has 0 atom stereocenters. The summed E-state index contributed by atoms with van der Waals surface area (Å²) in [6.07, 6.45) is 3.98. The molecular formula is C20H20N2O3. The number of nitrogens with zero attached hydrogens (tertiary/aromatic N) is 1. The average molecular weight is 336 g/mol. The number of rotatable bonds is 8. The maximum Gasteiger partial charge on any atom is 0.244 e. The van der Waals surface area contributed by atoms with Crippen LogP contribution in [0.25, 0.3) is 6.08 Å². The molecule has 0 radical (unpaired) electrons. The molecule has 0 aliphatic heterocycles. The Hall–Kier alpha value is -3.26. The smallest absolute Gasteiger partial charge is 0.244 e. The van der Waals surface area contributed by atoms with E-state index in [1.807, 2.05) is 36.4 Å². The van der Waals surface area contributed by atoms with Crippen LogP contribution in [-0.2, 0) is 11.2 Å². The van der Waals surface area contributed by atoms with Gasteiger partial charge < -0.3 is 14.8 Å². The lowest BCUT2D eigenvalue weighted by atomic mass is 10.1.